The second kappa shape index (κ2) is 7.90. The Morgan fingerprint density at radius 2 is 1.35 bits per heavy atom. The van der Waals surface area contributed by atoms with Gasteiger partial charge in [0, 0.05) is 26.0 Å². The molecule has 5 aromatic carbocycles. The van der Waals surface area contributed by atoms with E-state index in [-0.39, 0.29) is 0 Å². The minimum atomic E-state index is 0.302. The van der Waals surface area contributed by atoms with E-state index < -0.39 is 0 Å². The van der Waals surface area contributed by atoms with E-state index in [1.165, 1.54) is 86.1 Å². The van der Waals surface area contributed by atoms with Crippen LogP contribution in [0.2, 0.25) is 0 Å². The van der Waals surface area contributed by atoms with Crippen LogP contribution in [0.15, 0.2) is 100.0 Å². The molecule has 0 radical (unpaired) electrons. The average Bonchev–Trinajstić information content (AvgIpc) is 3.37. The second-order valence-electron chi connectivity index (χ2n) is 10.3. The Morgan fingerprint density at radius 1 is 0.703 bits per heavy atom. The topological polar surface area (TPSA) is 0 Å². The van der Waals surface area contributed by atoms with Crippen LogP contribution in [0.3, 0.4) is 0 Å². The molecule has 0 N–H and O–H groups in total. The molecule has 3 aliphatic rings. The lowest BCUT2D eigenvalue weighted by Gasteiger charge is -2.15. The van der Waals surface area contributed by atoms with Crippen LogP contribution < -0.4 is 0 Å². The lowest BCUT2D eigenvalue weighted by molar-refractivity contribution is 1.02. The molecule has 1 atom stereocenters. The van der Waals surface area contributed by atoms with Gasteiger partial charge in [-0.1, -0.05) is 91.9 Å². The van der Waals surface area contributed by atoms with Gasteiger partial charge in [-0.3, -0.25) is 0 Å². The molecular formula is C35H22Br2. The number of hydrogen-bond acceptors (Lipinski definition) is 0. The van der Waals surface area contributed by atoms with Gasteiger partial charge in [0.05, 0.1) is 0 Å². The predicted octanol–water partition coefficient (Wildman–Crippen LogP) is 10.9. The standard InChI is InChI=1S/C35H22Br2/c1-19-23-13-5-4-9-20-8-2-3-10-22(20)16-26(19)33-32(23)34(36)29-17-27-24-14-6-11-21-12-7-15-25(31(21)24)28(27)18-30(29)35(33)37/h2-8,10-19H,9H2,1H3/b5-4-,23-13+,26-16?. The highest BCUT2D eigenvalue weighted by molar-refractivity contribution is 9.11. The fourth-order valence-electron chi connectivity index (χ4n) is 6.65. The maximum atomic E-state index is 4.13. The van der Waals surface area contributed by atoms with E-state index in [0.29, 0.717) is 5.92 Å². The second-order valence-corrected chi connectivity index (χ2v) is 11.9. The van der Waals surface area contributed by atoms with Gasteiger partial charge in [-0.15, -0.1) is 0 Å². The molecule has 37 heavy (non-hydrogen) atoms. The van der Waals surface area contributed by atoms with E-state index in [0.717, 1.165) is 6.42 Å². The summed E-state index contributed by atoms with van der Waals surface area (Å²) in [7, 11) is 0. The van der Waals surface area contributed by atoms with Crippen molar-refractivity contribution in [3.05, 3.63) is 122 Å². The smallest absolute Gasteiger partial charge is 0.0336 e. The van der Waals surface area contributed by atoms with Gasteiger partial charge >= 0.3 is 0 Å². The molecule has 3 aliphatic carbocycles. The van der Waals surface area contributed by atoms with Crippen molar-refractivity contribution in [1.82, 2.24) is 0 Å². The zero-order valence-corrected chi connectivity index (χ0v) is 23.4. The maximum Gasteiger partial charge on any atom is 0.0336 e. The molecule has 176 valence electrons. The molecule has 8 rings (SSSR count). The lowest BCUT2D eigenvalue weighted by atomic mass is 9.93. The van der Waals surface area contributed by atoms with Crippen molar-refractivity contribution in [2.75, 3.05) is 0 Å². The molecule has 1 unspecified atom stereocenters. The van der Waals surface area contributed by atoms with Gasteiger partial charge in [0.15, 0.2) is 0 Å². The van der Waals surface area contributed by atoms with Crippen molar-refractivity contribution < 1.29 is 0 Å². The van der Waals surface area contributed by atoms with E-state index >= 15 is 0 Å². The third-order valence-corrected chi connectivity index (χ3v) is 10.1. The van der Waals surface area contributed by atoms with Gasteiger partial charge in [-0.05, 0) is 116 Å². The molecule has 2 bridgehead atoms. The molecule has 2 heteroatoms. The summed E-state index contributed by atoms with van der Waals surface area (Å²) in [5, 5.41) is 5.19. The number of rotatable bonds is 0. The third kappa shape index (κ3) is 2.94. The number of hydrogen-bond donors (Lipinski definition) is 0. The summed E-state index contributed by atoms with van der Waals surface area (Å²) in [4.78, 5) is 0. The molecule has 0 fully saturated rings. The highest BCUT2D eigenvalue weighted by atomic mass is 79.9. The van der Waals surface area contributed by atoms with Crippen molar-refractivity contribution >= 4 is 70.6 Å². The molecule has 0 spiro atoms. The van der Waals surface area contributed by atoms with Crippen LogP contribution in [0.25, 0.3) is 61.0 Å². The van der Waals surface area contributed by atoms with E-state index in [1.54, 1.807) is 0 Å². The fraction of sp³-hybridized carbons (Fsp3) is 0.0857. The van der Waals surface area contributed by atoms with E-state index in [2.05, 4.69) is 136 Å². The Labute approximate surface area is 233 Å². The molecule has 0 aromatic heterocycles. The van der Waals surface area contributed by atoms with Crippen LogP contribution in [0.4, 0.5) is 0 Å². The highest BCUT2D eigenvalue weighted by Crippen LogP contribution is 2.57. The first-order valence-electron chi connectivity index (χ1n) is 12.8. The van der Waals surface area contributed by atoms with Crippen LogP contribution in [0.5, 0.6) is 0 Å². The van der Waals surface area contributed by atoms with Crippen LogP contribution >= 0.6 is 31.9 Å². The van der Waals surface area contributed by atoms with E-state index in [9.17, 15) is 0 Å². The lowest BCUT2D eigenvalue weighted by Crippen LogP contribution is -1.94. The van der Waals surface area contributed by atoms with Crippen molar-refractivity contribution in [2.24, 2.45) is 5.92 Å². The monoisotopic (exact) mass is 600 g/mol. The first-order valence-corrected chi connectivity index (χ1v) is 14.4. The minimum Gasteiger partial charge on any atom is -0.0801 e. The number of allylic oxidation sites excluding steroid dienone is 5. The van der Waals surface area contributed by atoms with E-state index in [4.69, 9.17) is 0 Å². The summed E-state index contributed by atoms with van der Waals surface area (Å²) in [6, 6.07) is 26.9. The first kappa shape index (κ1) is 21.8. The Bertz CT molecular complexity index is 1930. The zero-order valence-electron chi connectivity index (χ0n) is 20.3. The van der Waals surface area contributed by atoms with Crippen molar-refractivity contribution in [3.63, 3.8) is 0 Å². The van der Waals surface area contributed by atoms with Gasteiger partial charge in [-0.25, -0.2) is 0 Å². The quantitative estimate of drug-likeness (QED) is 0.162. The Hall–Kier alpha value is -3.20. The van der Waals surface area contributed by atoms with Crippen molar-refractivity contribution in [3.8, 4) is 22.3 Å². The molecule has 0 aliphatic heterocycles. The summed E-state index contributed by atoms with van der Waals surface area (Å²) < 4.78 is 2.38. The van der Waals surface area contributed by atoms with Crippen LogP contribution in [-0.4, -0.2) is 0 Å². The fourth-order valence-corrected chi connectivity index (χ4v) is 8.16. The summed E-state index contributed by atoms with van der Waals surface area (Å²) >= 11 is 8.25. The summed E-state index contributed by atoms with van der Waals surface area (Å²) in [6.45, 7) is 2.34. The highest BCUT2D eigenvalue weighted by Gasteiger charge is 2.35. The molecule has 0 heterocycles. The third-order valence-electron chi connectivity index (χ3n) is 8.43. The molecule has 0 saturated carbocycles. The minimum absolute atomic E-state index is 0.302. The van der Waals surface area contributed by atoms with Gasteiger partial charge in [0.2, 0.25) is 0 Å². The SMILES string of the molecule is CC1C2=Cc3ccccc3C/C=C\C=C/1c1c2c(Br)c2cc3c(cc2c1Br)-c1cccc2cccc-3c12. The number of fused-ring (bicyclic) bond motifs is 10. The van der Waals surface area contributed by atoms with Gasteiger partial charge < -0.3 is 0 Å². The number of halogens is 2. The van der Waals surface area contributed by atoms with Crippen molar-refractivity contribution in [2.45, 2.75) is 13.3 Å². The zero-order chi connectivity index (χ0) is 24.8. The Kier molecular flexibility index (Phi) is 4.66. The first-order chi connectivity index (χ1) is 18.1. The van der Waals surface area contributed by atoms with Gasteiger partial charge in [0.1, 0.15) is 0 Å². The molecule has 0 saturated heterocycles. The molecule has 5 aromatic rings. The largest absolute Gasteiger partial charge is 0.0801 e. The van der Waals surface area contributed by atoms with Crippen LogP contribution in [0.1, 0.15) is 29.2 Å². The Morgan fingerprint density at radius 3 is 2.05 bits per heavy atom. The Balaban J connectivity index is 1.48. The van der Waals surface area contributed by atoms with Crippen LogP contribution in [-0.2, 0) is 6.42 Å². The normalized spacial score (nSPS) is 19.2. The maximum absolute atomic E-state index is 4.13. The summed E-state index contributed by atoms with van der Waals surface area (Å²) in [5.41, 5.74) is 13.4. The predicted molar refractivity (Wildman–Crippen MR) is 166 cm³/mol. The summed E-state index contributed by atoms with van der Waals surface area (Å²) in [5.74, 6) is 0.302. The van der Waals surface area contributed by atoms with Gasteiger partial charge in [0.25, 0.3) is 0 Å². The van der Waals surface area contributed by atoms with Crippen molar-refractivity contribution in [1.29, 1.82) is 0 Å². The molecule has 0 amide bonds. The summed E-state index contributed by atoms with van der Waals surface area (Å²) in [6.07, 6.45) is 10.2. The van der Waals surface area contributed by atoms with Crippen LogP contribution in [0, 0.1) is 5.92 Å². The van der Waals surface area contributed by atoms with E-state index in [1.807, 2.05) is 0 Å². The molecule has 0 nitrogen and oxygen atoms in total. The number of benzene rings is 5. The average molecular weight is 602 g/mol. The molecular weight excluding hydrogens is 580 g/mol. The van der Waals surface area contributed by atoms with Gasteiger partial charge in [-0.2, -0.15) is 0 Å².